The minimum absolute atomic E-state index is 0.157. The van der Waals surface area contributed by atoms with Crippen molar-refractivity contribution < 1.29 is 14.6 Å². The molecule has 0 bridgehead atoms. The first-order valence-corrected chi connectivity index (χ1v) is 6.01. The molecule has 1 aliphatic heterocycles. The number of hydrogen-bond donors (Lipinski definition) is 1. The Morgan fingerprint density at radius 2 is 2.19 bits per heavy atom. The monoisotopic (exact) mass is 229 g/mol. The van der Waals surface area contributed by atoms with Crippen molar-refractivity contribution in [3.63, 3.8) is 0 Å². The first-order chi connectivity index (χ1) is 7.33. The summed E-state index contributed by atoms with van der Waals surface area (Å²) < 4.78 is 5.29. The Labute approximate surface area is 97.6 Å². The van der Waals surface area contributed by atoms with E-state index >= 15 is 0 Å². The molecule has 1 rings (SSSR count). The van der Waals surface area contributed by atoms with Gasteiger partial charge in [-0.15, -0.1) is 0 Å². The largest absolute Gasteiger partial charge is 0.444 e. The molecule has 0 aromatic heterocycles. The van der Waals surface area contributed by atoms with Gasteiger partial charge in [-0.25, -0.2) is 4.79 Å². The Balaban J connectivity index is 2.40. The van der Waals surface area contributed by atoms with Crippen LogP contribution in [0.15, 0.2) is 0 Å². The number of rotatable bonds is 3. The van der Waals surface area contributed by atoms with E-state index in [0.717, 1.165) is 19.4 Å². The Hall–Kier alpha value is -0.770. The lowest BCUT2D eigenvalue weighted by Gasteiger charge is -2.42. The van der Waals surface area contributed by atoms with Crippen molar-refractivity contribution >= 4 is 6.09 Å². The second-order valence-corrected chi connectivity index (χ2v) is 5.41. The van der Waals surface area contributed by atoms with Crippen molar-refractivity contribution in [1.29, 1.82) is 0 Å². The van der Waals surface area contributed by atoms with Gasteiger partial charge in [0, 0.05) is 12.6 Å². The van der Waals surface area contributed by atoms with Gasteiger partial charge in [0.2, 0.25) is 0 Å². The molecule has 1 unspecified atom stereocenters. The Morgan fingerprint density at radius 3 is 2.56 bits per heavy atom. The molecular weight excluding hydrogens is 206 g/mol. The number of amides is 1. The molecule has 0 spiro atoms. The highest BCUT2D eigenvalue weighted by atomic mass is 16.6. The number of nitrogens with zero attached hydrogens (tertiary/aromatic N) is 1. The molecule has 0 radical (unpaired) electrons. The van der Waals surface area contributed by atoms with Crippen LogP contribution >= 0.6 is 0 Å². The molecule has 0 aliphatic carbocycles. The van der Waals surface area contributed by atoms with Crippen LogP contribution in [0.25, 0.3) is 0 Å². The van der Waals surface area contributed by atoms with Gasteiger partial charge in [0.05, 0.1) is 6.10 Å². The maximum absolute atomic E-state index is 11.7. The van der Waals surface area contributed by atoms with E-state index in [1.807, 2.05) is 27.7 Å². The molecule has 4 nitrogen and oxygen atoms in total. The molecule has 1 heterocycles. The van der Waals surface area contributed by atoms with Crippen LogP contribution in [0, 0.1) is 0 Å². The maximum atomic E-state index is 11.7. The molecular formula is C12H23NO3. The fourth-order valence-electron chi connectivity index (χ4n) is 1.73. The van der Waals surface area contributed by atoms with Gasteiger partial charge in [-0.3, -0.25) is 0 Å². The van der Waals surface area contributed by atoms with Gasteiger partial charge in [-0.1, -0.05) is 6.92 Å². The Bertz CT molecular complexity index is 247. The number of aliphatic hydroxyl groups excluding tert-OH is 1. The number of likely N-dealkylation sites (tertiary alicyclic amines) is 1. The van der Waals surface area contributed by atoms with E-state index in [1.165, 1.54) is 0 Å². The second-order valence-electron chi connectivity index (χ2n) is 5.41. The summed E-state index contributed by atoms with van der Waals surface area (Å²) in [6.45, 7) is 8.28. The SMILES string of the molecule is CC[C@@H](O)CC1CCN1C(=O)OC(C)(C)C. The van der Waals surface area contributed by atoms with Crippen molar-refractivity contribution in [2.24, 2.45) is 0 Å². The molecule has 1 saturated heterocycles. The standard InChI is InChI=1S/C12H23NO3/c1-5-10(14)8-9-6-7-13(9)11(15)16-12(2,3)4/h9-10,14H,5-8H2,1-4H3/t9?,10-/m1/s1. The zero-order chi connectivity index (χ0) is 12.3. The summed E-state index contributed by atoms with van der Waals surface area (Å²) in [4.78, 5) is 13.5. The molecule has 1 aliphatic rings. The van der Waals surface area contributed by atoms with Crippen LogP contribution in [-0.2, 0) is 4.74 Å². The van der Waals surface area contributed by atoms with Gasteiger partial charge < -0.3 is 14.7 Å². The van der Waals surface area contributed by atoms with E-state index < -0.39 is 5.60 Å². The van der Waals surface area contributed by atoms with Crippen LogP contribution in [0.3, 0.4) is 0 Å². The van der Waals surface area contributed by atoms with Crippen LogP contribution in [-0.4, -0.2) is 40.4 Å². The summed E-state index contributed by atoms with van der Waals surface area (Å²) in [5, 5.41) is 9.55. The highest BCUT2D eigenvalue weighted by molar-refractivity contribution is 5.69. The normalized spacial score (nSPS) is 22.6. The summed E-state index contributed by atoms with van der Waals surface area (Å²) in [7, 11) is 0. The summed E-state index contributed by atoms with van der Waals surface area (Å²) in [5.41, 5.74) is -0.444. The van der Waals surface area contributed by atoms with Crippen molar-refractivity contribution in [2.75, 3.05) is 6.54 Å². The Kier molecular flexibility index (Phi) is 4.19. The number of aliphatic hydroxyl groups is 1. The fraction of sp³-hybridized carbons (Fsp3) is 0.917. The molecule has 0 aromatic rings. The van der Waals surface area contributed by atoms with Gasteiger partial charge in [0.15, 0.2) is 0 Å². The lowest BCUT2D eigenvalue weighted by molar-refractivity contribution is -0.0155. The molecule has 1 amide bonds. The highest BCUT2D eigenvalue weighted by Crippen LogP contribution is 2.25. The molecule has 0 aromatic carbocycles. The quantitative estimate of drug-likeness (QED) is 0.806. The summed E-state index contributed by atoms with van der Waals surface area (Å²) in [6, 6.07) is 0.157. The second kappa shape index (κ2) is 5.04. The zero-order valence-electron chi connectivity index (χ0n) is 10.7. The van der Waals surface area contributed by atoms with Crippen LogP contribution in [0.1, 0.15) is 47.0 Å². The van der Waals surface area contributed by atoms with Crippen LogP contribution in [0.4, 0.5) is 4.79 Å². The third-order valence-corrected chi connectivity index (χ3v) is 2.79. The summed E-state index contributed by atoms with van der Waals surface area (Å²) in [6.07, 6.45) is 1.80. The van der Waals surface area contributed by atoms with Crippen LogP contribution < -0.4 is 0 Å². The minimum Gasteiger partial charge on any atom is -0.444 e. The fourth-order valence-corrected chi connectivity index (χ4v) is 1.73. The van der Waals surface area contributed by atoms with Gasteiger partial charge in [0.1, 0.15) is 5.60 Å². The van der Waals surface area contributed by atoms with E-state index in [4.69, 9.17) is 4.74 Å². The van der Waals surface area contributed by atoms with Gasteiger partial charge >= 0.3 is 6.09 Å². The zero-order valence-corrected chi connectivity index (χ0v) is 10.7. The van der Waals surface area contributed by atoms with Gasteiger partial charge in [-0.2, -0.15) is 0 Å². The molecule has 4 heteroatoms. The third-order valence-electron chi connectivity index (χ3n) is 2.79. The molecule has 16 heavy (non-hydrogen) atoms. The summed E-state index contributed by atoms with van der Waals surface area (Å²) >= 11 is 0. The van der Waals surface area contributed by atoms with E-state index in [9.17, 15) is 9.90 Å². The van der Waals surface area contributed by atoms with E-state index in [-0.39, 0.29) is 18.2 Å². The predicted molar refractivity (Wildman–Crippen MR) is 62.3 cm³/mol. The first-order valence-electron chi connectivity index (χ1n) is 6.01. The molecule has 2 atom stereocenters. The first kappa shape index (κ1) is 13.3. The average molecular weight is 229 g/mol. The Morgan fingerprint density at radius 1 is 1.56 bits per heavy atom. The van der Waals surface area contributed by atoms with E-state index in [0.29, 0.717) is 6.42 Å². The lowest BCUT2D eigenvalue weighted by atomic mass is 9.96. The molecule has 0 saturated carbocycles. The smallest absolute Gasteiger partial charge is 0.410 e. The van der Waals surface area contributed by atoms with Crippen LogP contribution in [0.5, 0.6) is 0 Å². The van der Waals surface area contributed by atoms with Crippen molar-refractivity contribution in [1.82, 2.24) is 4.90 Å². The van der Waals surface area contributed by atoms with E-state index in [2.05, 4.69) is 0 Å². The van der Waals surface area contributed by atoms with Crippen molar-refractivity contribution in [3.05, 3.63) is 0 Å². The number of carbonyl (C=O) groups excluding carboxylic acids is 1. The van der Waals surface area contributed by atoms with Gasteiger partial charge in [-0.05, 0) is 40.0 Å². The van der Waals surface area contributed by atoms with E-state index in [1.54, 1.807) is 4.90 Å². The minimum atomic E-state index is -0.444. The molecule has 1 fully saturated rings. The number of carbonyl (C=O) groups is 1. The van der Waals surface area contributed by atoms with Crippen molar-refractivity contribution in [3.8, 4) is 0 Å². The molecule has 94 valence electrons. The average Bonchev–Trinajstić information content (AvgIpc) is 2.08. The highest BCUT2D eigenvalue weighted by Gasteiger charge is 2.35. The van der Waals surface area contributed by atoms with Gasteiger partial charge in [0.25, 0.3) is 0 Å². The van der Waals surface area contributed by atoms with Crippen molar-refractivity contribution in [2.45, 2.75) is 64.7 Å². The topological polar surface area (TPSA) is 49.8 Å². The molecule has 1 N–H and O–H groups in total. The predicted octanol–water partition coefficient (Wildman–Crippen LogP) is 2.16. The summed E-state index contributed by atoms with van der Waals surface area (Å²) in [5.74, 6) is 0. The number of ether oxygens (including phenoxy) is 1. The number of hydrogen-bond acceptors (Lipinski definition) is 3. The lowest BCUT2D eigenvalue weighted by Crippen LogP contribution is -2.53. The maximum Gasteiger partial charge on any atom is 0.410 e. The third kappa shape index (κ3) is 3.67. The van der Waals surface area contributed by atoms with Crippen LogP contribution in [0.2, 0.25) is 0 Å².